The van der Waals surface area contributed by atoms with Crippen molar-refractivity contribution in [2.75, 3.05) is 0 Å². The number of rotatable bonds is 4. The van der Waals surface area contributed by atoms with Crippen molar-refractivity contribution in [2.24, 2.45) is 0 Å². The highest BCUT2D eigenvalue weighted by molar-refractivity contribution is 6.37. The Balaban J connectivity index is 1.64. The Labute approximate surface area is 145 Å². The number of fused-ring (bicyclic) bond motifs is 3. The lowest BCUT2D eigenvalue weighted by Crippen LogP contribution is -2.29. The van der Waals surface area contributed by atoms with Crippen LogP contribution in [0.5, 0.6) is 17.2 Å². The SMILES string of the molecule is OB(Oc1ccc(O)cc1)Oc1cccc2c1ccc1ccccc12. The molecule has 0 fully saturated rings. The Morgan fingerprint density at radius 3 is 2.24 bits per heavy atom. The van der Waals surface area contributed by atoms with E-state index in [0.717, 1.165) is 21.5 Å². The number of benzene rings is 4. The maximum Gasteiger partial charge on any atom is 0.785 e. The van der Waals surface area contributed by atoms with E-state index in [-0.39, 0.29) is 5.75 Å². The molecule has 0 heterocycles. The van der Waals surface area contributed by atoms with E-state index in [9.17, 15) is 10.1 Å². The summed E-state index contributed by atoms with van der Waals surface area (Å²) in [6.45, 7) is 0. The highest BCUT2D eigenvalue weighted by Gasteiger charge is 2.22. The van der Waals surface area contributed by atoms with Crippen molar-refractivity contribution in [1.82, 2.24) is 0 Å². The summed E-state index contributed by atoms with van der Waals surface area (Å²) in [6, 6.07) is 23.9. The molecule has 0 aromatic heterocycles. The fraction of sp³-hybridized carbons (Fsp3) is 0. The van der Waals surface area contributed by atoms with Crippen LogP contribution in [0.3, 0.4) is 0 Å². The summed E-state index contributed by atoms with van der Waals surface area (Å²) in [5.74, 6) is 1.06. The van der Waals surface area contributed by atoms with Gasteiger partial charge in [-0.25, -0.2) is 0 Å². The number of phenols is 1. The Kier molecular flexibility index (Phi) is 3.92. The van der Waals surface area contributed by atoms with Crippen LogP contribution >= 0.6 is 0 Å². The maximum absolute atomic E-state index is 10.1. The Morgan fingerprint density at radius 1 is 0.640 bits per heavy atom. The zero-order valence-electron chi connectivity index (χ0n) is 13.3. The van der Waals surface area contributed by atoms with Crippen LogP contribution in [-0.4, -0.2) is 17.5 Å². The molecular formula is C20H15BO4. The van der Waals surface area contributed by atoms with Crippen molar-refractivity contribution >= 4 is 28.9 Å². The van der Waals surface area contributed by atoms with Crippen molar-refractivity contribution in [2.45, 2.75) is 0 Å². The van der Waals surface area contributed by atoms with Crippen LogP contribution in [0.1, 0.15) is 0 Å². The molecule has 4 aromatic rings. The molecule has 0 saturated carbocycles. The van der Waals surface area contributed by atoms with Gasteiger partial charge in [0.05, 0.1) is 0 Å². The minimum Gasteiger partial charge on any atom is -0.508 e. The van der Waals surface area contributed by atoms with E-state index in [0.29, 0.717) is 11.5 Å². The van der Waals surface area contributed by atoms with Crippen LogP contribution in [0.2, 0.25) is 0 Å². The second-order valence-electron chi connectivity index (χ2n) is 5.67. The fourth-order valence-corrected chi connectivity index (χ4v) is 2.89. The third kappa shape index (κ3) is 3.10. The van der Waals surface area contributed by atoms with Gasteiger partial charge in [-0.3, -0.25) is 0 Å². The molecular weight excluding hydrogens is 315 g/mol. The van der Waals surface area contributed by atoms with E-state index in [1.54, 1.807) is 18.2 Å². The standard InChI is InChI=1S/C20H15BO4/c22-15-9-11-16(12-10-15)24-21(23)25-20-7-3-6-18-17-5-2-1-4-14(17)8-13-19(18)20/h1-13,22-23H. The van der Waals surface area contributed by atoms with Crippen LogP contribution in [0.15, 0.2) is 78.9 Å². The van der Waals surface area contributed by atoms with Gasteiger partial charge in [0.25, 0.3) is 0 Å². The quantitative estimate of drug-likeness (QED) is 0.436. The number of aromatic hydroxyl groups is 1. The Hall–Kier alpha value is -3.18. The molecule has 0 bridgehead atoms. The van der Waals surface area contributed by atoms with E-state index in [1.807, 2.05) is 36.4 Å². The zero-order valence-corrected chi connectivity index (χ0v) is 13.3. The molecule has 0 spiro atoms. The first kappa shape index (κ1) is 15.4. The van der Waals surface area contributed by atoms with E-state index in [2.05, 4.69) is 12.1 Å². The number of hydrogen-bond acceptors (Lipinski definition) is 4. The lowest BCUT2D eigenvalue weighted by Gasteiger charge is -2.14. The largest absolute Gasteiger partial charge is 0.785 e. The van der Waals surface area contributed by atoms with Gasteiger partial charge in [-0.15, -0.1) is 0 Å². The maximum atomic E-state index is 10.1. The van der Waals surface area contributed by atoms with E-state index in [4.69, 9.17) is 9.31 Å². The van der Waals surface area contributed by atoms with Crippen LogP contribution in [0, 0.1) is 0 Å². The highest BCUT2D eigenvalue weighted by atomic mass is 16.7. The van der Waals surface area contributed by atoms with Gasteiger partial charge in [-0.2, -0.15) is 0 Å². The molecule has 4 aromatic carbocycles. The summed E-state index contributed by atoms with van der Waals surface area (Å²) in [7, 11) is -1.46. The molecule has 0 aliphatic heterocycles. The third-order valence-electron chi connectivity index (χ3n) is 4.05. The molecule has 0 saturated heterocycles. The van der Waals surface area contributed by atoms with Gasteiger partial charge in [-0.05, 0) is 46.5 Å². The Bertz CT molecular complexity index is 1030. The van der Waals surface area contributed by atoms with Crippen molar-refractivity contribution in [3.63, 3.8) is 0 Å². The molecule has 0 unspecified atom stereocenters. The molecule has 2 N–H and O–H groups in total. The lowest BCUT2D eigenvalue weighted by molar-refractivity contribution is 0.299. The van der Waals surface area contributed by atoms with E-state index >= 15 is 0 Å². The first-order chi connectivity index (χ1) is 12.2. The first-order valence-electron chi connectivity index (χ1n) is 7.91. The minimum atomic E-state index is -1.46. The smallest absolute Gasteiger partial charge is 0.508 e. The number of phenolic OH excluding ortho intramolecular Hbond substituents is 1. The predicted octanol–water partition coefficient (Wildman–Crippen LogP) is 4.13. The first-order valence-corrected chi connectivity index (χ1v) is 7.91. The van der Waals surface area contributed by atoms with Gasteiger partial charge < -0.3 is 19.4 Å². The zero-order chi connectivity index (χ0) is 17.2. The summed E-state index contributed by atoms with van der Waals surface area (Å²) < 4.78 is 10.9. The van der Waals surface area contributed by atoms with Gasteiger partial charge >= 0.3 is 7.32 Å². The van der Waals surface area contributed by atoms with Gasteiger partial charge in [0.2, 0.25) is 0 Å². The molecule has 0 atom stereocenters. The average Bonchev–Trinajstić information content (AvgIpc) is 2.64. The second-order valence-corrected chi connectivity index (χ2v) is 5.67. The van der Waals surface area contributed by atoms with Gasteiger partial charge in [0.15, 0.2) is 0 Å². The van der Waals surface area contributed by atoms with Crippen molar-refractivity contribution in [3.8, 4) is 17.2 Å². The van der Waals surface area contributed by atoms with E-state index < -0.39 is 7.32 Å². The summed E-state index contributed by atoms with van der Waals surface area (Å²) in [5, 5.41) is 23.6. The average molecular weight is 330 g/mol. The topological polar surface area (TPSA) is 58.9 Å². The van der Waals surface area contributed by atoms with Crippen molar-refractivity contribution in [3.05, 3.63) is 78.9 Å². The normalized spacial score (nSPS) is 10.8. The monoisotopic (exact) mass is 330 g/mol. The molecule has 0 radical (unpaired) electrons. The van der Waals surface area contributed by atoms with Gasteiger partial charge in [-0.1, -0.05) is 48.5 Å². The van der Waals surface area contributed by atoms with Crippen LogP contribution < -0.4 is 9.31 Å². The predicted molar refractivity (Wildman–Crippen MR) is 98.8 cm³/mol. The summed E-state index contributed by atoms with van der Waals surface area (Å²) in [6.07, 6.45) is 0. The summed E-state index contributed by atoms with van der Waals surface area (Å²) in [5.41, 5.74) is 0. The molecule has 5 heteroatoms. The molecule has 0 amide bonds. The minimum absolute atomic E-state index is 0.128. The van der Waals surface area contributed by atoms with Crippen molar-refractivity contribution in [1.29, 1.82) is 0 Å². The number of hydrogen-bond donors (Lipinski definition) is 2. The molecule has 25 heavy (non-hydrogen) atoms. The van der Waals surface area contributed by atoms with Gasteiger partial charge in [0.1, 0.15) is 17.2 Å². The van der Waals surface area contributed by atoms with E-state index in [1.165, 1.54) is 12.1 Å². The molecule has 0 aliphatic carbocycles. The lowest BCUT2D eigenvalue weighted by atomic mass is 10.0. The van der Waals surface area contributed by atoms with Crippen LogP contribution in [-0.2, 0) is 0 Å². The summed E-state index contributed by atoms with van der Waals surface area (Å²) >= 11 is 0. The van der Waals surface area contributed by atoms with Crippen molar-refractivity contribution < 1.29 is 19.4 Å². The third-order valence-corrected chi connectivity index (χ3v) is 4.05. The summed E-state index contributed by atoms with van der Waals surface area (Å²) in [4.78, 5) is 0. The fourth-order valence-electron chi connectivity index (χ4n) is 2.89. The van der Waals surface area contributed by atoms with Crippen LogP contribution in [0.4, 0.5) is 0 Å². The second kappa shape index (κ2) is 6.38. The van der Waals surface area contributed by atoms with Crippen LogP contribution in [0.25, 0.3) is 21.5 Å². The highest BCUT2D eigenvalue weighted by Crippen LogP contribution is 2.31. The molecule has 122 valence electrons. The van der Waals surface area contributed by atoms with Gasteiger partial charge in [0, 0.05) is 5.39 Å². The Morgan fingerprint density at radius 2 is 1.40 bits per heavy atom. The molecule has 4 nitrogen and oxygen atoms in total. The molecule has 0 aliphatic rings. The molecule has 4 rings (SSSR count).